The van der Waals surface area contributed by atoms with E-state index in [1.807, 2.05) is 12.1 Å². The average molecular weight is 255 g/mol. The Labute approximate surface area is 113 Å². The van der Waals surface area contributed by atoms with Gasteiger partial charge in [0, 0.05) is 5.02 Å². The molecule has 0 amide bonds. The largest absolute Gasteiger partial charge is 0.0840 e. The van der Waals surface area contributed by atoms with Crippen molar-refractivity contribution in [2.75, 3.05) is 0 Å². The molecule has 0 fully saturated rings. The van der Waals surface area contributed by atoms with Crippen LogP contribution in [0.1, 0.15) is 30.0 Å². The SMILES string of the molecule is CCC1=C(c2ccccc2)c2cccc(Cl)c2C1. The van der Waals surface area contributed by atoms with E-state index in [1.54, 1.807) is 0 Å². The van der Waals surface area contributed by atoms with Crippen LogP contribution in [0.2, 0.25) is 5.02 Å². The van der Waals surface area contributed by atoms with Crippen molar-refractivity contribution in [3.05, 3.63) is 75.8 Å². The molecule has 0 aromatic heterocycles. The number of hydrogen-bond acceptors (Lipinski definition) is 0. The molecule has 0 saturated carbocycles. The van der Waals surface area contributed by atoms with Gasteiger partial charge in [0.1, 0.15) is 0 Å². The third-order valence-electron chi connectivity index (χ3n) is 3.62. The molecule has 3 rings (SSSR count). The summed E-state index contributed by atoms with van der Waals surface area (Å²) in [5, 5.41) is 0.893. The molecule has 0 N–H and O–H groups in total. The fourth-order valence-electron chi connectivity index (χ4n) is 2.73. The minimum absolute atomic E-state index is 0.893. The molecule has 0 unspecified atom stereocenters. The van der Waals surface area contributed by atoms with Gasteiger partial charge in [-0.1, -0.05) is 66.6 Å². The maximum absolute atomic E-state index is 6.32. The lowest BCUT2D eigenvalue weighted by Crippen LogP contribution is -1.87. The first kappa shape index (κ1) is 11.6. The Morgan fingerprint density at radius 2 is 1.78 bits per heavy atom. The molecule has 90 valence electrons. The molecule has 0 bridgehead atoms. The van der Waals surface area contributed by atoms with Crippen LogP contribution in [0.5, 0.6) is 0 Å². The zero-order valence-corrected chi connectivity index (χ0v) is 11.2. The van der Waals surface area contributed by atoms with Crippen molar-refractivity contribution >= 4 is 17.2 Å². The van der Waals surface area contributed by atoms with Crippen LogP contribution in [0.15, 0.2) is 54.1 Å². The van der Waals surface area contributed by atoms with Gasteiger partial charge in [0.05, 0.1) is 0 Å². The predicted octanol–water partition coefficient (Wildman–Crippen LogP) is 5.11. The van der Waals surface area contributed by atoms with E-state index in [0.717, 1.165) is 17.9 Å². The van der Waals surface area contributed by atoms with Gasteiger partial charge in [0.25, 0.3) is 0 Å². The standard InChI is InChI=1S/C17H15Cl/c1-2-12-11-15-14(9-6-10-16(15)18)17(12)13-7-4-3-5-8-13/h3-10H,2,11H2,1H3. The summed E-state index contributed by atoms with van der Waals surface area (Å²) in [5.41, 5.74) is 6.77. The molecule has 0 heterocycles. The smallest absolute Gasteiger partial charge is 0.0447 e. The van der Waals surface area contributed by atoms with E-state index in [-0.39, 0.29) is 0 Å². The van der Waals surface area contributed by atoms with E-state index in [2.05, 4.69) is 43.3 Å². The van der Waals surface area contributed by atoms with Gasteiger partial charge in [-0.2, -0.15) is 0 Å². The zero-order chi connectivity index (χ0) is 12.5. The Hall–Kier alpha value is -1.53. The first-order valence-corrected chi connectivity index (χ1v) is 6.74. The summed E-state index contributed by atoms with van der Waals surface area (Å²) in [7, 11) is 0. The van der Waals surface area contributed by atoms with Crippen LogP contribution >= 0.6 is 11.6 Å². The van der Waals surface area contributed by atoms with Gasteiger partial charge in [-0.05, 0) is 41.2 Å². The van der Waals surface area contributed by atoms with E-state index >= 15 is 0 Å². The van der Waals surface area contributed by atoms with Crippen LogP contribution in [-0.4, -0.2) is 0 Å². The van der Waals surface area contributed by atoms with Gasteiger partial charge >= 0.3 is 0 Å². The number of hydrogen-bond donors (Lipinski definition) is 0. The summed E-state index contributed by atoms with van der Waals surface area (Å²) < 4.78 is 0. The van der Waals surface area contributed by atoms with Crippen LogP contribution in [0.3, 0.4) is 0 Å². The normalized spacial score (nSPS) is 13.9. The molecular weight excluding hydrogens is 240 g/mol. The topological polar surface area (TPSA) is 0 Å². The van der Waals surface area contributed by atoms with E-state index in [1.165, 1.54) is 27.8 Å². The van der Waals surface area contributed by atoms with Crippen molar-refractivity contribution in [2.45, 2.75) is 19.8 Å². The Bertz CT molecular complexity index is 609. The molecule has 1 aliphatic rings. The van der Waals surface area contributed by atoms with E-state index in [0.29, 0.717) is 0 Å². The van der Waals surface area contributed by atoms with Gasteiger partial charge in [0.15, 0.2) is 0 Å². The summed E-state index contributed by atoms with van der Waals surface area (Å²) >= 11 is 6.32. The predicted molar refractivity (Wildman–Crippen MR) is 77.9 cm³/mol. The van der Waals surface area contributed by atoms with Gasteiger partial charge in [-0.25, -0.2) is 0 Å². The first-order chi connectivity index (χ1) is 8.81. The molecule has 0 aliphatic heterocycles. The quantitative estimate of drug-likeness (QED) is 0.699. The van der Waals surface area contributed by atoms with Crippen molar-refractivity contribution in [3.8, 4) is 0 Å². The second kappa shape index (κ2) is 4.62. The van der Waals surface area contributed by atoms with Gasteiger partial charge in [0.2, 0.25) is 0 Å². The molecule has 0 nitrogen and oxygen atoms in total. The summed E-state index contributed by atoms with van der Waals surface area (Å²) in [6.07, 6.45) is 2.07. The van der Waals surface area contributed by atoms with Crippen LogP contribution < -0.4 is 0 Å². The van der Waals surface area contributed by atoms with Crippen LogP contribution in [0.4, 0.5) is 0 Å². The van der Waals surface area contributed by atoms with E-state index in [9.17, 15) is 0 Å². The summed E-state index contributed by atoms with van der Waals surface area (Å²) in [4.78, 5) is 0. The van der Waals surface area contributed by atoms with Crippen molar-refractivity contribution in [2.24, 2.45) is 0 Å². The minimum Gasteiger partial charge on any atom is -0.0840 e. The lowest BCUT2D eigenvalue weighted by atomic mass is 9.97. The van der Waals surface area contributed by atoms with Gasteiger partial charge in [-0.15, -0.1) is 0 Å². The Morgan fingerprint density at radius 3 is 2.50 bits per heavy atom. The van der Waals surface area contributed by atoms with E-state index in [4.69, 9.17) is 11.6 Å². The Kier molecular flexibility index (Phi) is 2.97. The highest BCUT2D eigenvalue weighted by Gasteiger charge is 2.23. The molecule has 1 aliphatic carbocycles. The third kappa shape index (κ3) is 1.77. The maximum atomic E-state index is 6.32. The lowest BCUT2D eigenvalue weighted by molar-refractivity contribution is 1.03. The van der Waals surface area contributed by atoms with Crippen molar-refractivity contribution in [1.82, 2.24) is 0 Å². The molecule has 0 spiro atoms. The first-order valence-electron chi connectivity index (χ1n) is 6.36. The highest BCUT2D eigenvalue weighted by Crippen LogP contribution is 2.41. The summed E-state index contributed by atoms with van der Waals surface area (Å²) in [6.45, 7) is 2.22. The molecule has 2 aromatic rings. The molecular formula is C17H15Cl. The molecule has 0 radical (unpaired) electrons. The molecule has 18 heavy (non-hydrogen) atoms. The van der Waals surface area contributed by atoms with Crippen LogP contribution in [0, 0.1) is 0 Å². The summed E-state index contributed by atoms with van der Waals surface area (Å²) in [5.74, 6) is 0. The number of halogens is 1. The fourth-order valence-corrected chi connectivity index (χ4v) is 2.97. The molecule has 1 heteroatoms. The monoisotopic (exact) mass is 254 g/mol. The molecule has 2 aromatic carbocycles. The second-order valence-electron chi connectivity index (χ2n) is 4.64. The Balaban J connectivity index is 2.21. The van der Waals surface area contributed by atoms with Crippen molar-refractivity contribution < 1.29 is 0 Å². The minimum atomic E-state index is 0.893. The Morgan fingerprint density at radius 1 is 1.00 bits per heavy atom. The number of rotatable bonds is 2. The van der Waals surface area contributed by atoms with Crippen LogP contribution in [0.25, 0.3) is 5.57 Å². The van der Waals surface area contributed by atoms with E-state index < -0.39 is 0 Å². The zero-order valence-electron chi connectivity index (χ0n) is 10.4. The number of allylic oxidation sites excluding steroid dienone is 1. The molecule has 0 saturated heterocycles. The fraction of sp³-hybridized carbons (Fsp3) is 0.176. The average Bonchev–Trinajstić information content (AvgIpc) is 2.80. The number of fused-ring (bicyclic) bond motifs is 1. The van der Waals surface area contributed by atoms with Gasteiger partial charge in [-0.3, -0.25) is 0 Å². The van der Waals surface area contributed by atoms with Gasteiger partial charge < -0.3 is 0 Å². The highest BCUT2D eigenvalue weighted by atomic mass is 35.5. The summed E-state index contributed by atoms with van der Waals surface area (Å²) in [6, 6.07) is 16.8. The highest BCUT2D eigenvalue weighted by molar-refractivity contribution is 6.31. The van der Waals surface area contributed by atoms with Crippen molar-refractivity contribution in [1.29, 1.82) is 0 Å². The third-order valence-corrected chi connectivity index (χ3v) is 3.98. The number of benzene rings is 2. The maximum Gasteiger partial charge on any atom is 0.0447 e. The second-order valence-corrected chi connectivity index (χ2v) is 5.05. The van der Waals surface area contributed by atoms with Crippen LogP contribution in [-0.2, 0) is 6.42 Å². The molecule has 0 atom stereocenters. The lowest BCUT2D eigenvalue weighted by Gasteiger charge is -2.08. The van der Waals surface area contributed by atoms with Crippen molar-refractivity contribution in [3.63, 3.8) is 0 Å².